The lowest BCUT2D eigenvalue weighted by Gasteiger charge is -2.31. The van der Waals surface area contributed by atoms with E-state index in [4.69, 9.17) is 4.42 Å². The van der Waals surface area contributed by atoms with Crippen LogP contribution in [0.15, 0.2) is 21.5 Å². The minimum absolute atomic E-state index is 0.0686. The molecule has 1 fully saturated rings. The first-order valence-corrected chi connectivity index (χ1v) is 10.4. The maximum atomic E-state index is 12.4. The van der Waals surface area contributed by atoms with Crippen LogP contribution in [0.3, 0.4) is 0 Å². The molecule has 4 rings (SSSR count). The quantitative estimate of drug-likeness (QED) is 0.809. The van der Waals surface area contributed by atoms with Crippen molar-refractivity contribution in [3.05, 3.63) is 45.5 Å². The van der Waals surface area contributed by atoms with Crippen LogP contribution in [0.5, 0.6) is 0 Å². The average Bonchev–Trinajstić information content (AvgIpc) is 3.13. The number of aromatic nitrogens is 3. The lowest BCUT2D eigenvalue weighted by Crippen LogP contribution is -2.37. The maximum absolute atomic E-state index is 12.4. The highest BCUT2D eigenvalue weighted by atomic mass is 16.4. The van der Waals surface area contributed by atoms with Crippen LogP contribution in [0.25, 0.3) is 0 Å². The molecular weight excluding hydrogens is 340 g/mol. The molecule has 1 aliphatic heterocycles. The second-order valence-corrected chi connectivity index (χ2v) is 8.37. The highest BCUT2D eigenvalue weighted by Crippen LogP contribution is 2.22. The van der Waals surface area contributed by atoms with Crippen LogP contribution in [-0.2, 0) is 25.9 Å². The number of aryl methyl sites for hydroxylation is 2. The molecule has 2 aromatic rings. The van der Waals surface area contributed by atoms with Crippen LogP contribution >= 0.6 is 0 Å². The van der Waals surface area contributed by atoms with E-state index < -0.39 is 0 Å². The summed E-state index contributed by atoms with van der Waals surface area (Å²) in [6.45, 7) is 7.79. The van der Waals surface area contributed by atoms with Crippen molar-refractivity contribution >= 4 is 0 Å². The maximum Gasteiger partial charge on any atom is 0.267 e. The molecular formula is C21H30N4O2. The van der Waals surface area contributed by atoms with Gasteiger partial charge < -0.3 is 4.42 Å². The van der Waals surface area contributed by atoms with Gasteiger partial charge in [0.25, 0.3) is 5.56 Å². The van der Waals surface area contributed by atoms with Gasteiger partial charge in [-0.25, -0.2) is 9.67 Å². The molecule has 6 heteroatoms. The number of rotatable bonds is 5. The van der Waals surface area contributed by atoms with Crippen molar-refractivity contribution in [1.29, 1.82) is 0 Å². The second-order valence-electron chi connectivity index (χ2n) is 8.37. The van der Waals surface area contributed by atoms with Gasteiger partial charge in [0.2, 0.25) is 5.89 Å². The number of oxazole rings is 1. The topological polar surface area (TPSA) is 64.2 Å². The van der Waals surface area contributed by atoms with Gasteiger partial charge in [-0.15, -0.1) is 0 Å². The van der Waals surface area contributed by atoms with Gasteiger partial charge in [-0.2, -0.15) is 5.10 Å². The summed E-state index contributed by atoms with van der Waals surface area (Å²) in [4.78, 5) is 19.2. The van der Waals surface area contributed by atoms with Crippen molar-refractivity contribution in [1.82, 2.24) is 19.7 Å². The van der Waals surface area contributed by atoms with Gasteiger partial charge in [0, 0.05) is 18.5 Å². The van der Waals surface area contributed by atoms with Crippen molar-refractivity contribution < 1.29 is 4.42 Å². The Morgan fingerprint density at radius 3 is 2.74 bits per heavy atom. The summed E-state index contributed by atoms with van der Waals surface area (Å²) in [5, 5.41) is 4.68. The van der Waals surface area contributed by atoms with E-state index in [1.54, 1.807) is 4.68 Å². The Bertz CT molecular complexity index is 831. The summed E-state index contributed by atoms with van der Waals surface area (Å²) >= 11 is 0. The number of hydrogen-bond acceptors (Lipinski definition) is 5. The van der Waals surface area contributed by atoms with E-state index in [0.29, 0.717) is 11.8 Å². The molecule has 0 radical (unpaired) electrons. The third kappa shape index (κ3) is 4.32. The normalized spacial score (nSPS) is 18.8. The molecule has 1 aliphatic carbocycles. The summed E-state index contributed by atoms with van der Waals surface area (Å²) in [7, 11) is 0. The molecule has 6 nitrogen and oxygen atoms in total. The molecule has 2 aliphatic rings. The van der Waals surface area contributed by atoms with Crippen LogP contribution in [0, 0.1) is 5.92 Å². The van der Waals surface area contributed by atoms with E-state index in [0.717, 1.165) is 69.2 Å². The predicted molar refractivity (Wildman–Crippen MR) is 104 cm³/mol. The molecule has 3 heterocycles. The number of nitrogens with zero attached hydrogens (tertiary/aromatic N) is 4. The van der Waals surface area contributed by atoms with E-state index in [1.165, 1.54) is 18.4 Å². The summed E-state index contributed by atoms with van der Waals surface area (Å²) in [5.74, 6) is 2.66. The molecule has 1 saturated heterocycles. The Balaban J connectivity index is 1.32. The van der Waals surface area contributed by atoms with E-state index >= 15 is 0 Å². The molecule has 0 unspecified atom stereocenters. The Morgan fingerprint density at radius 2 is 2.00 bits per heavy atom. The number of fused-ring (bicyclic) bond motifs is 1. The van der Waals surface area contributed by atoms with Crippen LogP contribution in [-0.4, -0.2) is 32.8 Å². The Kier molecular flexibility index (Phi) is 5.43. The fourth-order valence-corrected chi connectivity index (χ4v) is 4.16. The number of piperidine rings is 1. The lowest BCUT2D eigenvalue weighted by molar-refractivity contribution is 0.151. The van der Waals surface area contributed by atoms with E-state index in [1.807, 2.05) is 12.3 Å². The van der Waals surface area contributed by atoms with Crippen molar-refractivity contribution in [2.45, 2.75) is 71.4 Å². The van der Waals surface area contributed by atoms with Gasteiger partial charge in [-0.3, -0.25) is 9.69 Å². The first-order valence-electron chi connectivity index (χ1n) is 10.4. The molecule has 2 aromatic heterocycles. The van der Waals surface area contributed by atoms with Crippen molar-refractivity contribution in [2.75, 3.05) is 13.1 Å². The summed E-state index contributed by atoms with van der Waals surface area (Å²) in [6, 6.07) is 1.82. The molecule has 0 saturated carbocycles. The van der Waals surface area contributed by atoms with Gasteiger partial charge in [0.15, 0.2) is 0 Å². The van der Waals surface area contributed by atoms with Crippen molar-refractivity contribution in [3.63, 3.8) is 0 Å². The van der Waals surface area contributed by atoms with Crippen LogP contribution < -0.4 is 5.56 Å². The van der Waals surface area contributed by atoms with E-state index in [9.17, 15) is 4.79 Å². The van der Waals surface area contributed by atoms with Crippen LogP contribution in [0.1, 0.15) is 68.4 Å². The molecule has 27 heavy (non-hydrogen) atoms. The van der Waals surface area contributed by atoms with Gasteiger partial charge in [-0.1, -0.05) is 13.8 Å². The van der Waals surface area contributed by atoms with Gasteiger partial charge in [0.1, 0.15) is 5.76 Å². The largest absolute Gasteiger partial charge is 0.444 e. The molecule has 0 N–H and O–H groups in total. The van der Waals surface area contributed by atoms with E-state index in [-0.39, 0.29) is 5.56 Å². The summed E-state index contributed by atoms with van der Waals surface area (Å²) in [6.07, 6.45) is 8.42. The lowest BCUT2D eigenvalue weighted by atomic mass is 9.96. The van der Waals surface area contributed by atoms with Crippen LogP contribution in [0.4, 0.5) is 0 Å². The van der Waals surface area contributed by atoms with E-state index in [2.05, 4.69) is 28.8 Å². The Hall–Kier alpha value is -1.95. The Morgan fingerprint density at radius 1 is 1.22 bits per heavy atom. The fraction of sp³-hybridized carbons (Fsp3) is 0.667. The zero-order chi connectivity index (χ0) is 18.8. The first kappa shape index (κ1) is 18.4. The monoisotopic (exact) mass is 370 g/mol. The molecule has 0 atom stereocenters. The molecule has 0 spiro atoms. The minimum Gasteiger partial charge on any atom is -0.444 e. The highest BCUT2D eigenvalue weighted by molar-refractivity contribution is 5.20. The zero-order valence-electron chi connectivity index (χ0n) is 16.5. The zero-order valence-corrected chi connectivity index (χ0v) is 16.5. The van der Waals surface area contributed by atoms with Gasteiger partial charge in [-0.05, 0) is 63.1 Å². The molecule has 0 aromatic carbocycles. The minimum atomic E-state index is 0.0686. The first-order chi connectivity index (χ1) is 13.1. The van der Waals surface area contributed by atoms with Gasteiger partial charge >= 0.3 is 0 Å². The second kappa shape index (κ2) is 7.97. The fourth-order valence-electron chi connectivity index (χ4n) is 4.16. The molecule has 0 bridgehead atoms. The van der Waals surface area contributed by atoms with Crippen LogP contribution in [0.2, 0.25) is 0 Å². The SMILES string of the molecule is CC(C)c1cnc(CN2CCC(Cn3nc4c(cc3=O)CCCC4)CC2)o1. The summed E-state index contributed by atoms with van der Waals surface area (Å²) < 4.78 is 7.55. The standard InChI is InChI=1S/C21H30N4O2/c1-15(2)19-12-22-20(27-19)14-24-9-7-16(8-10-24)13-25-21(26)11-17-5-3-4-6-18(17)23-25/h11-12,15-16H,3-10,13-14H2,1-2H3. The highest BCUT2D eigenvalue weighted by Gasteiger charge is 2.22. The number of hydrogen-bond donors (Lipinski definition) is 0. The Labute approximate surface area is 160 Å². The summed E-state index contributed by atoms with van der Waals surface area (Å²) in [5.41, 5.74) is 2.38. The number of likely N-dealkylation sites (tertiary alicyclic amines) is 1. The third-order valence-electron chi connectivity index (χ3n) is 5.91. The third-order valence-corrected chi connectivity index (χ3v) is 5.91. The van der Waals surface area contributed by atoms with Crippen molar-refractivity contribution in [3.8, 4) is 0 Å². The molecule has 146 valence electrons. The smallest absolute Gasteiger partial charge is 0.267 e. The molecule has 0 amide bonds. The van der Waals surface area contributed by atoms with Gasteiger partial charge in [0.05, 0.1) is 18.4 Å². The van der Waals surface area contributed by atoms with Crippen molar-refractivity contribution in [2.24, 2.45) is 5.92 Å². The average molecular weight is 370 g/mol. The predicted octanol–water partition coefficient (Wildman–Crippen LogP) is 3.15.